The highest BCUT2D eigenvalue weighted by Crippen LogP contribution is 2.32. The van der Waals surface area contributed by atoms with Gasteiger partial charge in [-0.25, -0.2) is 4.79 Å². The first-order valence-corrected chi connectivity index (χ1v) is 8.88. The number of anilines is 1. The third-order valence-corrected chi connectivity index (χ3v) is 4.59. The predicted molar refractivity (Wildman–Crippen MR) is 107 cm³/mol. The number of allylic oxidation sites excluding steroid dienone is 1. The molecule has 7 nitrogen and oxygen atoms in total. The molecule has 1 atom stereocenters. The molecule has 1 aliphatic rings. The van der Waals surface area contributed by atoms with Crippen molar-refractivity contribution < 1.29 is 19.1 Å². The second kappa shape index (κ2) is 8.22. The van der Waals surface area contributed by atoms with Gasteiger partial charge in [-0.3, -0.25) is 4.79 Å². The quantitative estimate of drug-likeness (QED) is 0.713. The van der Waals surface area contributed by atoms with Crippen LogP contribution in [0.3, 0.4) is 0 Å². The van der Waals surface area contributed by atoms with Gasteiger partial charge >= 0.3 is 6.03 Å². The normalized spacial score (nSPS) is 16.1. The Balaban J connectivity index is 1.98. The zero-order chi connectivity index (χ0) is 20.3. The first-order chi connectivity index (χ1) is 13.4. The number of halogens is 1. The van der Waals surface area contributed by atoms with Crippen LogP contribution in [0.25, 0.3) is 0 Å². The highest BCUT2D eigenvalue weighted by Gasteiger charge is 2.31. The molecule has 0 bridgehead atoms. The molecule has 0 fully saturated rings. The van der Waals surface area contributed by atoms with Crippen LogP contribution in [0.4, 0.5) is 10.5 Å². The van der Waals surface area contributed by atoms with Crippen LogP contribution in [-0.4, -0.2) is 26.2 Å². The minimum absolute atomic E-state index is 0.367. The van der Waals surface area contributed by atoms with E-state index in [1.165, 1.54) is 14.2 Å². The van der Waals surface area contributed by atoms with Gasteiger partial charge in [-0.1, -0.05) is 23.7 Å². The summed E-state index contributed by atoms with van der Waals surface area (Å²) in [5.74, 6) is 0.671. The Hall–Kier alpha value is -3.19. The molecule has 3 rings (SSSR count). The average molecular weight is 402 g/mol. The Morgan fingerprint density at radius 1 is 1.14 bits per heavy atom. The zero-order valence-corrected chi connectivity index (χ0v) is 16.4. The number of nitrogens with one attached hydrogen (secondary N) is 3. The number of amides is 3. The summed E-state index contributed by atoms with van der Waals surface area (Å²) in [6.07, 6.45) is 0. The number of carbonyl (C=O) groups excluding carboxylic acids is 2. The molecular formula is C20H20ClN3O4. The number of ether oxygens (including phenoxy) is 2. The second-order valence-corrected chi connectivity index (χ2v) is 6.58. The highest BCUT2D eigenvalue weighted by molar-refractivity contribution is 6.30. The Labute approximate surface area is 167 Å². The van der Waals surface area contributed by atoms with Gasteiger partial charge in [-0.2, -0.15) is 0 Å². The fourth-order valence-electron chi connectivity index (χ4n) is 3.03. The van der Waals surface area contributed by atoms with Gasteiger partial charge in [-0.05, 0) is 36.8 Å². The lowest BCUT2D eigenvalue weighted by Gasteiger charge is -2.29. The Kier molecular flexibility index (Phi) is 5.75. The summed E-state index contributed by atoms with van der Waals surface area (Å²) in [5.41, 5.74) is 1.97. The molecule has 3 amide bonds. The lowest BCUT2D eigenvalue weighted by Crippen LogP contribution is -2.46. The molecule has 2 aromatic rings. The van der Waals surface area contributed by atoms with Crippen LogP contribution in [0.1, 0.15) is 18.5 Å². The van der Waals surface area contributed by atoms with Gasteiger partial charge in [-0.15, -0.1) is 0 Å². The lowest BCUT2D eigenvalue weighted by molar-refractivity contribution is -0.113. The minimum Gasteiger partial charge on any atom is -0.497 e. The van der Waals surface area contributed by atoms with Crippen molar-refractivity contribution in [1.29, 1.82) is 0 Å². The van der Waals surface area contributed by atoms with Gasteiger partial charge in [0.2, 0.25) is 0 Å². The third-order valence-electron chi connectivity index (χ3n) is 4.35. The molecule has 28 heavy (non-hydrogen) atoms. The van der Waals surface area contributed by atoms with Crippen molar-refractivity contribution in [3.63, 3.8) is 0 Å². The van der Waals surface area contributed by atoms with E-state index in [0.29, 0.717) is 39.0 Å². The van der Waals surface area contributed by atoms with Gasteiger partial charge in [0.1, 0.15) is 11.5 Å². The minimum atomic E-state index is -0.649. The van der Waals surface area contributed by atoms with E-state index in [-0.39, 0.29) is 5.91 Å². The van der Waals surface area contributed by atoms with Crippen LogP contribution in [0.15, 0.2) is 53.7 Å². The van der Waals surface area contributed by atoms with Crippen LogP contribution in [0.2, 0.25) is 5.02 Å². The molecule has 0 saturated carbocycles. The van der Waals surface area contributed by atoms with E-state index in [1.807, 2.05) is 0 Å². The lowest BCUT2D eigenvalue weighted by atomic mass is 9.95. The Morgan fingerprint density at radius 3 is 2.61 bits per heavy atom. The highest BCUT2D eigenvalue weighted by atomic mass is 35.5. The van der Waals surface area contributed by atoms with E-state index in [0.717, 1.165) is 0 Å². The van der Waals surface area contributed by atoms with Crippen LogP contribution in [0.5, 0.6) is 11.5 Å². The van der Waals surface area contributed by atoms with E-state index < -0.39 is 12.1 Å². The van der Waals surface area contributed by atoms with Crippen LogP contribution in [0, 0.1) is 0 Å². The molecule has 0 aromatic heterocycles. The average Bonchev–Trinajstić information content (AvgIpc) is 2.67. The van der Waals surface area contributed by atoms with Gasteiger partial charge in [0.25, 0.3) is 5.91 Å². The molecule has 0 saturated heterocycles. The van der Waals surface area contributed by atoms with Crippen LogP contribution >= 0.6 is 11.6 Å². The molecule has 0 spiro atoms. The van der Waals surface area contributed by atoms with E-state index in [4.69, 9.17) is 21.1 Å². The topological polar surface area (TPSA) is 88.7 Å². The molecule has 146 valence electrons. The second-order valence-electron chi connectivity index (χ2n) is 6.15. The van der Waals surface area contributed by atoms with E-state index in [9.17, 15) is 9.59 Å². The van der Waals surface area contributed by atoms with Gasteiger partial charge in [0, 0.05) is 16.8 Å². The molecular weight excluding hydrogens is 382 g/mol. The maximum absolute atomic E-state index is 13.1. The summed E-state index contributed by atoms with van der Waals surface area (Å²) in [6.45, 7) is 1.67. The fourth-order valence-corrected chi connectivity index (χ4v) is 3.23. The van der Waals surface area contributed by atoms with E-state index >= 15 is 0 Å². The fraction of sp³-hybridized carbons (Fsp3) is 0.200. The number of rotatable bonds is 5. The van der Waals surface area contributed by atoms with Crippen molar-refractivity contribution in [2.45, 2.75) is 13.0 Å². The number of carbonyl (C=O) groups is 2. The zero-order valence-electron chi connectivity index (χ0n) is 15.6. The third kappa shape index (κ3) is 4.04. The molecule has 2 aromatic carbocycles. The van der Waals surface area contributed by atoms with Crippen LogP contribution in [-0.2, 0) is 4.79 Å². The number of hydrogen-bond donors (Lipinski definition) is 3. The van der Waals surface area contributed by atoms with Crippen molar-refractivity contribution in [1.82, 2.24) is 10.6 Å². The summed E-state index contributed by atoms with van der Waals surface area (Å²) in [7, 11) is 3.05. The molecule has 0 aliphatic carbocycles. The largest absolute Gasteiger partial charge is 0.497 e. The molecule has 3 N–H and O–H groups in total. The Bertz CT molecular complexity index is 958. The number of benzene rings is 2. The maximum atomic E-state index is 13.1. The summed E-state index contributed by atoms with van der Waals surface area (Å²) < 4.78 is 10.5. The van der Waals surface area contributed by atoms with Crippen molar-refractivity contribution in [2.75, 3.05) is 19.5 Å². The Morgan fingerprint density at radius 2 is 1.93 bits per heavy atom. The summed E-state index contributed by atoms with van der Waals surface area (Å²) in [5, 5.41) is 8.77. The van der Waals surface area contributed by atoms with Crippen molar-refractivity contribution >= 4 is 29.2 Å². The summed E-state index contributed by atoms with van der Waals surface area (Å²) in [4.78, 5) is 25.1. The standard InChI is InChI=1S/C20H20ClN3O4/c1-11-17(18(24-20(26)22-11)12-5-4-6-13(21)9-12)19(25)23-15-10-14(27-2)7-8-16(15)28-3/h4-10,18H,1-3H3,(H,23,25)(H2,22,24,26)/t18-/m0/s1. The molecule has 0 unspecified atom stereocenters. The predicted octanol–water partition coefficient (Wildman–Crippen LogP) is 3.62. The monoisotopic (exact) mass is 401 g/mol. The first kappa shape index (κ1) is 19.6. The van der Waals surface area contributed by atoms with E-state index in [1.54, 1.807) is 49.4 Å². The van der Waals surface area contributed by atoms with Gasteiger partial charge in [0.15, 0.2) is 0 Å². The molecule has 0 radical (unpaired) electrons. The first-order valence-electron chi connectivity index (χ1n) is 8.50. The van der Waals surface area contributed by atoms with Crippen molar-refractivity contribution in [3.05, 3.63) is 64.3 Å². The van der Waals surface area contributed by atoms with Gasteiger partial charge in [0.05, 0.1) is 31.5 Å². The SMILES string of the molecule is COc1ccc(OC)c(NC(=O)C2=C(C)NC(=O)N[C@H]2c2cccc(Cl)c2)c1. The smallest absolute Gasteiger partial charge is 0.319 e. The van der Waals surface area contributed by atoms with Gasteiger partial charge < -0.3 is 25.4 Å². The molecule has 1 aliphatic heterocycles. The number of urea groups is 1. The van der Waals surface area contributed by atoms with Crippen LogP contribution < -0.4 is 25.4 Å². The maximum Gasteiger partial charge on any atom is 0.319 e. The molecule has 8 heteroatoms. The number of methoxy groups -OCH3 is 2. The summed E-state index contributed by atoms with van der Waals surface area (Å²) >= 11 is 6.09. The van der Waals surface area contributed by atoms with E-state index in [2.05, 4.69) is 16.0 Å². The number of hydrogen-bond acceptors (Lipinski definition) is 4. The van der Waals surface area contributed by atoms with Crippen molar-refractivity contribution in [2.24, 2.45) is 0 Å². The molecule has 1 heterocycles. The van der Waals surface area contributed by atoms with Crippen molar-refractivity contribution in [3.8, 4) is 11.5 Å². The summed E-state index contributed by atoms with van der Waals surface area (Å²) in [6, 6.07) is 11.1.